The van der Waals surface area contributed by atoms with Crippen molar-refractivity contribution < 1.29 is 10.2 Å². The van der Waals surface area contributed by atoms with Gasteiger partial charge >= 0.3 is 0 Å². The summed E-state index contributed by atoms with van der Waals surface area (Å²) in [5.41, 5.74) is 0.464. The molecule has 2 aromatic carbocycles. The molecule has 3 aromatic rings. The van der Waals surface area contributed by atoms with Gasteiger partial charge in [-0.3, -0.25) is 0 Å². The van der Waals surface area contributed by atoms with Gasteiger partial charge in [0.15, 0.2) is 0 Å². The maximum absolute atomic E-state index is 10.2. The van der Waals surface area contributed by atoms with E-state index in [4.69, 9.17) is 0 Å². The number of nitrogens with zero attached hydrogens (tertiary/aromatic N) is 2. The van der Waals surface area contributed by atoms with Gasteiger partial charge in [0, 0.05) is 29.2 Å². The fraction of sp³-hybridized carbons (Fsp3) is 0. The average molecular weight is 226 g/mol. The molecule has 84 valence electrons. The number of phenols is 2. The topological polar surface area (TPSA) is 58.3 Å². The first-order chi connectivity index (χ1) is 8.27. The lowest BCUT2D eigenvalue weighted by Gasteiger charge is -2.09. The monoisotopic (exact) mass is 226 g/mol. The van der Waals surface area contributed by atoms with Crippen molar-refractivity contribution in [1.82, 2.24) is 9.78 Å². The molecule has 0 aliphatic carbocycles. The number of hydrogen-bond acceptors (Lipinski definition) is 3. The summed E-state index contributed by atoms with van der Waals surface area (Å²) in [6, 6.07) is 10.4. The highest BCUT2D eigenvalue weighted by atomic mass is 16.3. The molecule has 4 heteroatoms. The van der Waals surface area contributed by atoms with Crippen LogP contribution in [0.1, 0.15) is 0 Å². The molecular formula is C13H10N2O2. The Morgan fingerprint density at radius 1 is 1.00 bits per heavy atom. The number of phenolic OH excluding ortho intramolecular Hbond substituents is 2. The molecule has 3 rings (SSSR count). The molecule has 0 unspecified atom stereocenters. The van der Waals surface area contributed by atoms with Crippen LogP contribution in [-0.2, 0) is 0 Å². The van der Waals surface area contributed by atoms with Crippen LogP contribution in [0.15, 0.2) is 48.8 Å². The van der Waals surface area contributed by atoms with Crippen molar-refractivity contribution >= 4 is 10.8 Å². The van der Waals surface area contributed by atoms with Crippen LogP contribution in [0.5, 0.6) is 11.5 Å². The third-order valence-corrected chi connectivity index (χ3v) is 2.73. The van der Waals surface area contributed by atoms with Crippen LogP contribution in [-0.4, -0.2) is 20.0 Å². The van der Waals surface area contributed by atoms with Crippen LogP contribution in [0, 0.1) is 0 Å². The maximum Gasteiger partial charge on any atom is 0.149 e. The first kappa shape index (κ1) is 9.72. The van der Waals surface area contributed by atoms with Gasteiger partial charge in [-0.1, -0.05) is 24.3 Å². The third kappa shape index (κ3) is 1.42. The zero-order valence-electron chi connectivity index (χ0n) is 8.91. The number of aromatic nitrogens is 2. The molecule has 0 spiro atoms. The summed E-state index contributed by atoms with van der Waals surface area (Å²) >= 11 is 0. The van der Waals surface area contributed by atoms with Crippen molar-refractivity contribution in [2.45, 2.75) is 0 Å². The molecule has 2 N–H and O–H groups in total. The van der Waals surface area contributed by atoms with E-state index in [0.29, 0.717) is 16.5 Å². The minimum atomic E-state index is 0.113. The number of hydrogen-bond donors (Lipinski definition) is 2. The fourth-order valence-electron chi connectivity index (χ4n) is 1.91. The van der Waals surface area contributed by atoms with Crippen molar-refractivity contribution in [3.63, 3.8) is 0 Å². The number of fused-ring (bicyclic) bond motifs is 1. The molecule has 0 bridgehead atoms. The normalized spacial score (nSPS) is 10.8. The summed E-state index contributed by atoms with van der Waals surface area (Å²) in [7, 11) is 0. The summed E-state index contributed by atoms with van der Waals surface area (Å²) in [5.74, 6) is 0.242. The third-order valence-electron chi connectivity index (χ3n) is 2.73. The van der Waals surface area contributed by atoms with Crippen LogP contribution < -0.4 is 0 Å². The highest BCUT2D eigenvalue weighted by Gasteiger charge is 2.11. The van der Waals surface area contributed by atoms with E-state index in [1.165, 1.54) is 10.7 Å². The zero-order chi connectivity index (χ0) is 11.8. The van der Waals surface area contributed by atoms with E-state index >= 15 is 0 Å². The van der Waals surface area contributed by atoms with Gasteiger partial charge in [0.1, 0.15) is 17.2 Å². The molecule has 0 saturated heterocycles. The fourth-order valence-corrected chi connectivity index (χ4v) is 1.91. The standard InChI is InChI=1S/C13H10N2O2/c16-12-8-11(15-7-3-6-14-15)13(17)10-5-2-1-4-9(10)12/h1-8,16-17H. The average Bonchev–Trinajstić information content (AvgIpc) is 2.87. The van der Waals surface area contributed by atoms with E-state index in [9.17, 15) is 10.2 Å². The van der Waals surface area contributed by atoms with Gasteiger partial charge < -0.3 is 10.2 Å². The summed E-state index contributed by atoms with van der Waals surface area (Å²) in [6.07, 6.45) is 3.33. The van der Waals surface area contributed by atoms with Crippen molar-refractivity contribution in [2.24, 2.45) is 0 Å². The van der Waals surface area contributed by atoms with E-state index in [-0.39, 0.29) is 11.5 Å². The lowest BCUT2D eigenvalue weighted by atomic mass is 10.1. The van der Waals surface area contributed by atoms with E-state index in [0.717, 1.165) is 0 Å². The smallest absolute Gasteiger partial charge is 0.149 e. The van der Waals surface area contributed by atoms with Crippen LogP contribution in [0.3, 0.4) is 0 Å². The van der Waals surface area contributed by atoms with E-state index in [2.05, 4.69) is 5.10 Å². The Labute approximate surface area is 97.4 Å². The van der Waals surface area contributed by atoms with Gasteiger partial charge in [0.2, 0.25) is 0 Å². The summed E-state index contributed by atoms with van der Waals surface area (Å²) in [4.78, 5) is 0. The minimum Gasteiger partial charge on any atom is -0.507 e. The molecule has 0 fully saturated rings. The van der Waals surface area contributed by atoms with Crippen LogP contribution in [0.4, 0.5) is 0 Å². The second-order valence-electron chi connectivity index (χ2n) is 3.76. The Balaban J connectivity index is 2.39. The second kappa shape index (κ2) is 3.52. The van der Waals surface area contributed by atoms with Gasteiger partial charge in [-0.2, -0.15) is 5.10 Å². The Morgan fingerprint density at radius 3 is 2.47 bits per heavy atom. The molecule has 17 heavy (non-hydrogen) atoms. The number of benzene rings is 2. The molecule has 1 aromatic heterocycles. The van der Waals surface area contributed by atoms with Crippen molar-refractivity contribution in [2.75, 3.05) is 0 Å². The molecular weight excluding hydrogens is 216 g/mol. The molecule has 0 aliphatic rings. The molecule has 4 nitrogen and oxygen atoms in total. The lowest BCUT2D eigenvalue weighted by Crippen LogP contribution is -1.95. The number of aromatic hydroxyl groups is 2. The Morgan fingerprint density at radius 2 is 1.76 bits per heavy atom. The predicted molar refractivity (Wildman–Crippen MR) is 64.4 cm³/mol. The quantitative estimate of drug-likeness (QED) is 0.626. The highest BCUT2D eigenvalue weighted by Crippen LogP contribution is 2.36. The van der Waals surface area contributed by atoms with E-state index in [1.54, 1.807) is 30.6 Å². The van der Waals surface area contributed by atoms with E-state index in [1.807, 2.05) is 12.1 Å². The van der Waals surface area contributed by atoms with Crippen LogP contribution in [0.25, 0.3) is 16.5 Å². The van der Waals surface area contributed by atoms with Gasteiger partial charge in [-0.05, 0) is 6.07 Å². The molecule has 0 amide bonds. The van der Waals surface area contributed by atoms with Crippen LogP contribution in [0.2, 0.25) is 0 Å². The van der Waals surface area contributed by atoms with Crippen molar-refractivity contribution in [3.05, 3.63) is 48.8 Å². The van der Waals surface area contributed by atoms with Gasteiger partial charge in [-0.15, -0.1) is 0 Å². The predicted octanol–water partition coefficient (Wildman–Crippen LogP) is 2.44. The van der Waals surface area contributed by atoms with Crippen LogP contribution >= 0.6 is 0 Å². The largest absolute Gasteiger partial charge is 0.507 e. The molecule has 0 saturated carbocycles. The van der Waals surface area contributed by atoms with Crippen molar-refractivity contribution in [3.8, 4) is 17.2 Å². The molecule has 0 aliphatic heterocycles. The second-order valence-corrected chi connectivity index (χ2v) is 3.76. The summed E-state index contributed by atoms with van der Waals surface area (Å²) in [5, 5.41) is 25.4. The Bertz CT molecular complexity index is 675. The first-order valence-corrected chi connectivity index (χ1v) is 5.21. The number of rotatable bonds is 1. The Kier molecular flexibility index (Phi) is 2.01. The van der Waals surface area contributed by atoms with Gasteiger partial charge in [-0.25, -0.2) is 4.68 Å². The lowest BCUT2D eigenvalue weighted by molar-refractivity contribution is 0.465. The highest BCUT2D eigenvalue weighted by molar-refractivity contribution is 5.95. The minimum absolute atomic E-state index is 0.113. The zero-order valence-corrected chi connectivity index (χ0v) is 8.91. The molecule has 0 radical (unpaired) electrons. The SMILES string of the molecule is Oc1cc(-n2cccn2)c(O)c2ccccc12. The maximum atomic E-state index is 10.2. The van der Waals surface area contributed by atoms with Crippen molar-refractivity contribution in [1.29, 1.82) is 0 Å². The van der Waals surface area contributed by atoms with Gasteiger partial charge in [0.05, 0.1) is 0 Å². The summed E-state index contributed by atoms with van der Waals surface area (Å²) in [6.45, 7) is 0. The molecule has 0 atom stereocenters. The van der Waals surface area contributed by atoms with E-state index < -0.39 is 0 Å². The first-order valence-electron chi connectivity index (χ1n) is 5.21. The summed E-state index contributed by atoms with van der Waals surface area (Å²) < 4.78 is 1.52. The Hall–Kier alpha value is -2.49. The molecule has 1 heterocycles. The van der Waals surface area contributed by atoms with Gasteiger partial charge in [0.25, 0.3) is 0 Å².